The number of carbonyl (C=O) groups excluding carboxylic acids is 2. The molecule has 0 N–H and O–H groups in total. The summed E-state index contributed by atoms with van der Waals surface area (Å²) in [6.07, 6.45) is 12.4. The Kier molecular flexibility index (Phi) is 6.34. The highest BCUT2D eigenvalue weighted by molar-refractivity contribution is 8.30. The topological polar surface area (TPSA) is 54.5 Å². The second kappa shape index (κ2) is 9.08. The Labute approximate surface area is 210 Å². The molecule has 5 rings (SSSR count). The quantitative estimate of drug-likeness (QED) is 0.252. The first-order valence-corrected chi connectivity index (χ1v) is 14.8. The Morgan fingerprint density at radius 2 is 1.56 bits per heavy atom. The summed E-state index contributed by atoms with van der Waals surface area (Å²) in [4.78, 5) is 42.1. The zero-order valence-corrected chi connectivity index (χ0v) is 21.6. The molecule has 10 heteroatoms. The first-order chi connectivity index (χ1) is 15.5. The molecular formula is C22H15NO3S6. The number of anilines is 1. The number of Topliss-reactive ketones (excluding diaryl/α,β-unsaturated/α-hetero) is 2. The molecule has 32 heavy (non-hydrogen) atoms. The highest BCUT2D eigenvalue weighted by Gasteiger charge is 2.39. The number of thiocarbonyl (C=S) groups is 1. The summed E-state index contributed by atoms with van der Waals surface area (Å²) in [7, 11) is 2.65. The number of ketones is 2. The third-order valence-electron chi connectivity index (χ3n) is 5.14. The van der Waals surface area contributed by atoms with Crippen molar-refractivity contribution in [1.82, 2.24) is 0 Å². The van der Waals surface area contributed by atoms with Gasteiger partial charge in [-0.2, -0.15) is 0 Å². The molecule has 0 aromatic carbocycles. The van der Waals surface area contributed by atoms with Gasteiger partial charge < -0.3 is 4.90 Å². The predicted molar refractivity (Wildman–Crippen MR) is 143 cm³/mol. The van der Waals surface area contributed by atoms with Crippen LogP contribution in [-0.2, 0) is 9.59 Å². The van der Waals surface area contributed by atoms with Gasteiger partial charge in [-0.05, 0) is 30.1 Å². The minimum absolute atomic E-state index is 0.0119. The molecule has 0 spiro atoms. The highest BCUT2D eigenvalue weighted by Crippen LogP contribution is 2.56. The van der Waals surface area contributed by atoms with Crippen molar-refractivity contribution in [3.63, 3.8) is 0 Å². The van der Waals surface area contributed by atoms with Crippen molar-refractivity contribution in [2.45, 2.75) is 24.0 Å². The Bertz CT molecular complexity index is 1260. The summed E-state index contributed by atoms with van der Waals surface area (Å²) in [6, 6.07) is 0. The molecule has 4 nitrogen and oxygen atoms in total. The molecule has 0 bridgehead atoms. The van der Waals surface area contributed by atoms with Crippen LogP contribution in [0.25, 0.3) is 0 Å². The number of fused-ring (bicyclic) bond motifs is 1. The van der Waals surface area contributed by atoms with Gasteiger partial charge in [0.25, 0.3) is 4.74 Å². The summed E-state index contributed by atoms with van der Waals surface area (Å²) in [5.74, 6) is -0.225. The van der Waals surface area contributed by atoms with Crippen molar-refractivity contribution in [2.24, 2.45) is 0 Å². The second-order valence-corrected chi connectivity index (χ2v) is 13.4. The van der Waals surface area contributed by atoms with E-state index in [1.165, 1.54) is 56.0 Å². The first kappa shape index (κ1) is 22.4. The average molecular weight is 534 g/mol. The number of thioether (sulfide) groups is 3. The maximum Gasteiger partial charge on any atom is 0.267 e. The summed E-state index contributed by atoms with van der Waals surface area (Å²) in [5.41, 5.74) is 2.77. The fourth-order valence-electron chi connectivity index (χ4n) is 3.61. The lowest BCUT2D eigenvalue weighted by molar-refractivity contribution is -0.113. The summed E-state index contributed by atoms with van der Waals surface area (Å²) >= 11 is 9.77. The molecule has 1 aromatic heterocycles. The lowest BCUT2D eigenvalue weighted by Crippen LogP contribution is -2.32. The molecule has 0 amide bonds. The molecule has 0 radical (unpaired) electrons. The number of hydrogen-bond acceptors (Lipinski definition) is 10. The summed E-state index contributed by atoms with van der Waals surface area (Å²) < 4.78 is 2.37. The number of rotatable bonds is 5. The van der Waals surface area contributed by atoms with Crippen molar-refractivity contribution < 1.29 is 9.59 Å². The number of hydrogen-bond donors (Lipinski definition) is 0. The Balaban J connectivity index is 1.59. The van der Waals surface area contributed by atoms with Gasteiger partial charge in [0.15, 0.2) is 11.6 Å². The normalized spacial score (nSPS) is 19.8. The summed E-state index contributed by atoms with van der Waals surface area (Å²) in [6.45, 7) is 2.55. The third kappa shape index (κ3) is 3.80. The fraction of sp³-hybridized carbons (Fsp3) is 0.182. The Morgan fingerprint density at radius 1 is 0.969 bits per heavy atom. The van der Waals surface area contributed by atoms with Crippen LogP contribution in [0.2, 0.25) is 0 Å². The number of carbonyl (C=O) groups is 2. The van der Waals surface area contributed by atoms with E-state index in [1.807, 2.05) is 48.3 Å². The van der Waals surface area contributed by atoms with E-state index in [0.29, 0.717) is 50.2 Å². The SMILES string of the molecule is CCN1C(=C2SC(C(=O)C3=CC=CC3)=C(C(=O)C3=CC=CC3)S2)C(=S)Sc2ssc(=O)c21. The zero-order valence-electron chi connectivity index (χ0n) is 16.7. The minimum atomic E-state index is -0.113. The van der Waals surface area contributed by atoms with Crippen LogP contribution in [0, 0.1) is 0 Å². The molecule has 4 aliphatic rings. The van der Waals surface area contributed by atoms with Gasteiger partial charge in [-0.3, -0.25) is 14.4 Å². The lowest BCUT2D eigenvalue weighted by Gasteiger charge is -2.30. The zero-order chi connectivity index (χ0) is 22.4. The molecule has 2 aliphatic heterocycles. The van der Waals surface area contributed by atoms with Crippen LogP contribution >= 0.6 is 68.2 Å². The lowest BCUT2D eigenvalue weighted by atomic mass is 10.1. The van der Waals surface area contributed by atoms with Crippen LogP contribution in [0.4, 0.5) is 5.69 Å². The van der Waals surface area contributed by atoms with Crippen LogP contribution < -0.4 is 9.64 Å². The van der Waals surface area contributed by atoms with Crippen LogP contribution in [0.5, 0.6) is 0 Å². The molecule has 1 aromatic rings. The van der Waals surface area contributed by atoms with E-state index in [1.54, 1.807) is 0 Å². The van der Waals surface area contributed by atoms with E-state index in [-0.39, 0.29) is 16.3 Å². The average Bonchev–Trinajstić information content (AvgIpc) is 3.59. The molecule has 0 fully saturated rings. The van der Waals surface area contributed by atoms with E-state index < -0.39 is 0 Å². The smallest absolute Gasteiger partial charge is 0.267 e. The molecule has 0 saturated heterocycles. The Hall–Kier alpha value is -1.43. The highest BCUT2D eigenvalue weighted by atomic mass is 32.9. The predicted octanol–water partition coefficient (Wildman–Crippen LogP) is 6.20. The first-order valence-electron chi connectivity index (χ1n) is 9.77. The van der Waals surface area contributed by atoms with E-state index in [4.69, 9.17) is 12.2 Å². The monoisotopic (exact) mass is 533 g/mol. The molecule has 0 saturated carbocycles. The van der Waals surface area contributed by atoms with E-state index in [2.05, 4.69) is 0 Å². The summed E-state index contributed by atoms with van der Waals surface area (Å²) in [5, 5.41) is 0. The maximum atomic E-state index is 13.3. The van der Waals surface area contributed by atoms with Gasteiger partial charge in [0, 0.05) is 17.7 Å². The number of allylic oxidation sites excluding steroid dienone is 10. The maximum absolute atomic E-state index is 13.3. The second-order valence-electron chi connectivity index (χ2n) is 7.03. The van der Waals surface area contributed by atoms with Crippen LogP contribution in [0.15, 0.2) is 76.4 Å². The van der Waals surface area contributed by atoms with E-state index in [0.717, 1.165) is 14.1 Å². The van der Waals surface area contributed by atoms with Crippen molar-refractivity contribution in [3.8, 4) is 0 Å². The molecule has 2 aliphatic carbocycles. The van der Waals surface area contributed by atoms with Gasteiger partial charge in [0.1, 0.15) is 14.1 Å². The van der Waals surface area contributed by atoms with Crippen molar-refractivity contribution in [3.05, 3.63) is 76.9 Å². The molecule has 162 valence electrons. The molecular weight excluding hydrogens is 519 g/mol. The van der Waals surface area contributed by atoms with Crippen LogP contribution in [-0.4, -0.2) is 22.3 Å². The van der Waals surface area contributed by atoms with Crippen LogP contribution in [0.3, 0.4) is 0 Å². The van der Waals surface area contributed by atoms with Gasteiger partial charge in [0.2, 0.25) is 0 Å². The Morgan fingerprint density at radius 3 is 2.06 bits per heavy atom. The molecule has 0 atom stereocenters. The van der Waals surface area contributed by atoms with Gasteiger partial charge in [0.05, 0.1) is 19.7 Å². The molecule has 0 unspecified atom stereocenters. The van der Waals surface area contributed by atoms with Gasteiger partial charge in [-0.25, -0.2) is 0 Å². The van der Waals surface area contributed by atoms with Gasteiger partial charge in [-0.1, -0.05) is 94.3 Å². The fourth-order valence-corrected chi connectivity index (χ4v) is 10.8. The van der Waals surface area contributed by atoms with E-state index in [9.17, 15) is 14.4 Å². The third-order valence-corrected chi connectivity index (χ3v) is 11.7. The molecule has 3 heterocycles. The van der Waals surface area contributed by atoms with Crippen molar-refractivity contribution >= 4 is 89.6 Å². The van der Waals surface area contributed by atoms with Gasteiger partial charge in [-0.15, -0.1) is 0 Å². The van der Waals surface area contributed by atoms with Crippen molar-refractivity contribution in [2.75, 3.05) is 11.4 Å². The van der Waals surface area contributed by atoms with E-state index >= 15 is 0 Å². The standard InChI is InChI=1S/C22H15NO3S6/c1-2-23-13-19(26)31-32-22(13)30-20(27)14(23)21-28-17(15(24)11-7-3-4-8-11)18(29-21)16(25)12-9-5-6-10-12/h3-7,9H,2,8,10H2,1H3. The largest absolute Gasteiger partial charge is 0.333 e. The number of nitrogens with zero attached hydrogens (tertiary/aromatic N) is 1. The van der Waals surface area contributed by atoms with Gasteiger partial charge >= 0.3 is 0 Å². The minimum Gasteiger partial charge on any atom is -0.333 e. The van der Waals surface area contributed by atoms with Crippen molar-refractivity contribution in [1.29, 1.82) is 0 Å². The van der Waals surface area contributed by atoms with Crippen LogP contribution in [0.1, 0.15) is 19.8 Å².